The quantitative estimate of drug-likeness (QED) is 0.287. The highest BCUT2D eigenvalue weighted by Crippen LogP contribution is 2.03. The first kappa shape index (κ1) is 8.14. The summed E-state index contributed by atoms with van der Waals surface area (Å²) in [5.74, 6) is 0.320. The largest absolute Gasteiger partial charge is 0.467 e. The number of nitrogens with zero attached hydrogens (tertiary/aromatic N) is 2. The Morgan fingerprint density at radius 2 is 2.58 bits per heavy atom. The van der Waals surface area contributed by atoms with E-state index in [0.29, 0.717) is 5.76 Å². The molecule has 1 aromatic rings. The van der Waals surface area contributed by atoms with Crippen LogP contribution in [0.3, 0.4) is 0 Å². The second kappa shape index (κ2) is 3.44. The third kappa shape index (κ3) is 1.76. The summed E-state index contributed by atoms with van der Waals surface area (Å²) in [5, 5.41) is 15.5. The van der Waals surface area contributed by atoms with Crippen molar-refractivity contribution in [2.24, 2.45) is 5.73 Å². The van der Waals surface area contributed by atoms with Crippen LogP contribution in [0.25, 0.3) is 0 Å². The fraction of sp³-hybridized carbons (Fsp3) is 0.143. The molecule has 0 spiro atoms. The molecule has 0 amide bonds. The van der Waals surface area contributed by atoms with Crippen LogP contribution in [0.2, 0.25) is 0 Å². The third-order valence-electron chi connectivity index (χ3n) is 1.31. The molecule has 0 bridgehead atoms. The molecule has 5 heteroatoms. The lowest BCUT2D eigenvalue weighted by molar-refractivity contribution is 0.437. The van der Waals surface area contributed by atoms with Gasteiger partial charge >= 0.3 is 0 Å². The summed E-state index contributed by atoms with van der Waals surface area (Å²) < 4.78 is 4.97. The van der Waals surface area contributed by atoms with E-state index in [1.807, 2.05) is 0 Å². The van der Waals surface area contributed by atoms with Gasteiger partial charge in [0, 0.05) is 0 Å². The zero-order chi connectivity index (χ0) is 8.97. The van der Waals surface area contributed by atoms with Crippen molar-refractivity contribution in [2.75, 3.05) is 0 Å². The Bertz CT molecular complexity index is 298. The number of furan rings is 1. The van der Waals surface area contributed by atoms with Crippen LogP contribution in [0, 0.1) is 16.9 Å². The van der Waals surface area contributed by atoms with Crippen LogP contribution in [0.4, 0.5) is 0 Å². The molecule has 0 aromatic carbocycles. The van der Waals surface area contributed by atoms with Crippen molar-refractivity contribution in [3.8, 4) is 6.19 Å². The highest BCUT2D eigenvalue weighted by molar-refractivity contribution is 5.76. The van der Waals surface area contributed by atoms with Crippen molar-refractivity contribution in [1.29, 1.82) is 10.7 Å². The Labute approximate surface area is 69.5 Å². The van der Waals surface area contributed by atoms with Crippen LogP contribution in [0.5, 0.6) is 0 Å². The van der Waals surface area contributed by atoms with Gasteiger partial charge in [0.1, 0.15) is 5.76 Å². The summed E-state index contributed by atoms with van der Waals surface area (Å²) in [6.45, 7) is 0.207. The van der Waals surface area contributed by atoms with E-state index in [-0.39, 0.29) is 12.5 Å². The molecular weight excluding hydrogens is 156 g/mol. The number of guanidine groups is 1. The maximum Gasteiger partial charge on any atom is 0.202 e. The number of rotatable bonds is 2. The maximum absolute atomic E-state index is 8.51. The van der Waals surface area contributed by atoms with Gasteiger partial charge in [0.25, 0.3) is 0 Å². The molecule has 0 unspecified atom stereocenters. The number of nitrogens with two attached hydrogens (primary N) is 1. The molecule has 1 rings (SSSR count). The van der Waals surface area contributed by atoms with Crippen molar-refractivity contribution < 1.29 is 4.42 Å². The first-order chi connectivity index (χ1) is 5.74. The number of hydrogen-bond donors (Lipinski definition) is 2. The summed E-state index contributed by atoms with van der Waals surface area (Å²) >= 11 is 0. The average Bonchev–Trinajstić information content (AvgIpc) is 2.51. The van der Waals surface area contributed by atoms with E-state index in [2.05, 4.69) is 0 Å². The fourth-order valence-corrected chi connectivity index (χ4v) is 0.733. The van der Waals surface area contributed by atoms with Gasteiger partial charge < -0.3 is 10.2 Å². The van der Waals surface area contributed by atoms with Crippen molar-refractivity contribution in [3.05, 3.63) is 24.2 Å². The molecule has 5 nitrogen and oxygen atoms in total. The van der Waals surface area contributed by atoms with E-state index in [0.717, 1.165) is 4.90 Å². The molecule has 0 aliphatic rings. The first-order valence-corrected chi connectivity index (χ1v) is 3.27. The summed E-state index contributed by atoms with van der Waals surface area (Å²) in [6.07, 6.45) is 3.27. The highest BCUT2D eigenvalue weighted by Gasteiger charge is 2.06. The topological polar surface area (TPSA) is 90.0 Å². The van der Waals surface area contributed by atoms with E-state index in [1.165, 1.54) is 6.26 Å². The smallest absolute Gasteiger partial charge is 0.202 e. The molecule has 0 aliphatic carbocycles. The molecule has 1 heterocycles. The number of nitriles is 1. The van der Waals surface area contributed by atoms with Crippen LogP contribution < -0.4 is 5.73 Å². The molecule has 0 radical (unpaired) electrons. The molecule has 0 atom stereocenters. The van der Waals surface area contributed by atoms with Crippen molar-refractivity contribution in [3.63, 3.8) is 0 Å². The van der Waals surface area contributed by atoms with Gasteiger partial charge in [-0.15, -0.1) is 0 Å². The predicted molar refractivity (Wildman–Crippen MR) is 41.8 cm³/mol. The Morgan fingerprint density at radius 1 is 1.83 bits per heavy atom. The predicted octanol–water partition coefficient (Wildman–Crippen LogP) is 0.456. The van der Waals surface area contributed by atoms with Gasteiger partial charge in [0.2, 0.25) is 5.96 Å². The summed E-state index contributed by atoms with van der Waals surface area (Å²) in [6, 6.07) is 3.43. The summed E-state index contributed by atoms with van der Waals surface area (Å²) in [7, 11) is 0. The van der Waals surface area contributed by atoms with Crippen LogP contribution >= 0.6 is 0 Å². The van der Waals surface area contributed by atoms with Crippen LogP contribution in [0.1, 0.15) is 5.76 Å². The van der Waals surface area contributed by atoms with Gasteiger partial charge in [-0.2, -0.15) is 5.26 Å². The Morgan fingerprint density at radius 3 is 3.00 bits per heavy atom. The SMILES string of the molecule is N#CN(Cc1ccco1)C(=N)N. The molecule has 1 aromatic heterocycles. The van der Waals surface area contributed by atoms with Crippen LogP contribution in [0.15, 0.2) is 22.8 Å². The van der Waals surface area contributed by atoms with Crippen LogP contribution in [-0.2, 0) is 6.54 Å². The van der Waals surface area contributed by atoms with Crippen molar-refractivity contribution in [1.82, 2.24) is 4.90 Å². The lowest BCUT2D eigenvalue weighted by Crippen LogP contribution is -2.31. The van der Waals surface area contributed by atoms with E-state index >= 15 is 0 Å². The molecule has 0 saturated heterocycles. The minimum atomic E-state index is -0.283. The molecule has 3 N–H and O–H groups in total. The first-order valence-electron chi connectivity index (χ1n) is 3.27. The molecule has 62 valence electrons. The Kier molecular flexibility index (Phi) is 2.33. The van der Waals surface area contributed by atoms with Gasteiger partial charge in [-0.1, -0.05) is 0 Å². The fourth-order valence-electron chi connectivity index (χ4n) is 0.733. The normalized spacial score (nSPS) is 8.92. The standard InChI is InChI=1S/C7H8N4O/c8-5-11(7(9)10)4-6-2-1-3-12-6/h1-3H,4H2,(H3,9,10). The lowest BCUT2D eigenvalue weighted by atomic mass is 10.4. The summed E-state index contributed by atoms with van der Waals surface area (Å²) in [5.41, 5.74) is 5.11. The third-order valence-corrected chi connectivity index (χ3v) is 1.31. The highest BCUT2D eigenvalue weighted by atomic mass is 16.3. The maximum atomic E-state index is 8.51. The van der Waals surface area contributed by atoms with Gasteiger partial charge in [-0.05, 0) is 12.1 Å². The zero-order valence-corrected chi connectivity index (χ0v) is 6.32. The van der Waals surface area contributed by atoms with Crippen LogP contribution in [-0.4, -0.2) is 10.9 Å². The monoisotopic (exact) mass is 164 g/mol. The summed E-state index contributed by atoms with van der Waals surface area (Å²) in [4.78, 5) is 1.03. The van der Waals surface area contributed by atoms with E-state index in [9.17, 15) is 0 Å². The lowest BCUT2D eigenvalue weighted by Gasteiger charge is -2.09. The van der Waals surface area contributed by atoms with Gasteiger partial charge in [-0.25, -0.2) is 4.90 Å². The van der Waals surface area contributed by atoms with Gasteiger partial charge in [0.15, 0.2) is 6.19 Å². The van der Waals surface area contributed by atoms with Crippen molar-refractivity contribution >= 4 is 5.96 Å². The number of nitrogens with one attached hydrogen (secondary N) is 1. The van der Waals surface area contributed by atoms with Crippen molar-refractivity contribution in [2.45, 2.75) is 6.54 Å². The average molecular weight is 164 g/mol. The zero-order valence-electron chi connectivity index (χ0n) is 6.32. The minimum absolute atomic E-state index is 0.207. The van der Waals surface area contributed by atoms with E-state index < -0.39 is 0 Å². The second-order valence-corrected chi connectivity index (χ2v) is 2.15. The molecule has 0 fully saturated rings. The molecule has 12 heavy (non-hydrogen) atoms. The molecular formula is C7H8N4O. The van der Waals surface area contributed by atoms with E-state index in [4.69, 9.17) is 20.8 Å². The van der Waals surface area contributed by atoms with E-state index in [1.54, 1.807) is 18.3 Å². The minimum Gasteiger partial charge on any atom is -0.467 e. The molecule has 0 saturated carbocycles. The Balaban J connectivity index is 2.62. The Hall–Kier alpha value is -1.96. The van der Waals surface area contributed by atoms with Gasteiger partial charge in [0.05, 0.1) is 12.8 Å². The number of hydrogen-bond acceptors (Lipinski definition) is 3. The van der Waals surface area contributed by atoms with Gasteiger partial charge in [-0.3, -0.25) is 5.41 Å². The second-order valence-electron chi connectivity index (χ2n) is 2.15. The molecule has 0 aliphatic heterocycles.